The number of halogens is 3. The van der Waals surface area contributed by atoms with Crippen molar-refractivity contribution in [3.63, 3.8) is 0 Å². The Morgan fingerprint density at radius 3 is 2.14 bits per heavy atom. The van der Waals surface area contributed by atoms with Crippen LogP contribution in [0.4, 0.5) is 13.2 Å². The lowest BCUT2D eigenvalue weighted by Gasteiger charge is -2.24. The van der Waals surface area contributed by atoms with Crippen molar-refractivity contribution >= 4 is 0 Å². The number of rotatable bonds is 8. The molecular weight excluding hydrogens is 357 g/mol. The van der Waals surface area contributed by atoms with Crippen LogP contribution in [-0.2, 0) is 6.42 Å². The van der Waals surface area contributed by atoms with Crippen LogP contribution in [0.3, 0.4) is 0 Å². The molecule has 1 aliphatic carbocycles. The zero-order chi connectivity index (χ0) is 19.9. The van der Waals surface area contributed by atoms with E-state index in [1.807, 2.05) is 24.3 Å². The Kier molecular flexibility index (Phi) is 7.58. The van der Waals surface area contributed by atoms with Gasteiger partial charge in [-0.25, -0.2) is 13.2 Å². The van der Waals surface area contributed by atoms with Crippen LogP contribution >= 0.6 is 0 Å². The molecule has 1 saturated carbocycles. The molecule has 2 aromatic rings. The van der Waals surface area contributed by atoms with Crippen LogP contribution in [0.5, 0.6) is 0 Å². The molecule has 0 saturated heterocycles. The van der Waals surface area contributed by atoms with Crippen molar-refractivity contribution in [3.8, 4) is 11.1 Å². The summed E-state index contributed by atoms with van der Waals surface area (Å²) < 4.78 is 42.5. The summed E-state index contributed by atoms with van der Waals surface area (Å²) in [5.74, 6) is -1.09. The van der Waals surface area contributed by atoms with Crippen molar-refractivity contribution in [2.24, 2.45) is 0 Å². The van der Waals surface area contributed by atoms with Crippen LogP contribution in [0.25, 0.3) is 11.1 Å². The summed E-state index contributed by atoms with van der Waals surface area (Å²) in [5, 5.41) is 0. The third-order valence-corrected chi connectivity index (χ3v) is 6.06. The molecule has 0 nitrogen and oxygen atoms in total. The Labute approximate surface area is 167 Å². The average molecular weight is 389 g/mol. The maximum absolute atomic E-state index is 14.7. The Morgan fingerprint density at radius 2 is 1.46 bits per heavy atom. The first-order chi connectivity index (χ1) is 13.6. The summed E-state index contributed by atoms with van der Waals surface area (Å²) in [6.45, 7) is 2.16. The van der Waals surface area contributed by atoms with E-state index in [4.69, 9.17) is 0 Å². The maximum Gasteiger partial charge on any atom is 0.166 e. The van der Waals surface area contributed by atoms with E-state index in [0.29, 0.717) is 41.9 Å². The molecule has 1 aliphatic rings. The molecule has 1 fully saturated rings. The monoisotopic (exact) mass is 388 g/mol. The van der Waals surface area contributed by atoms with Crippen molar-refractivity contribution in [1.29, 1.82) is 0 Å². The molecule has 3 rings (SSSR count). The minimum absolute atomic E-state index is 0.311. The van der Waals surface area contributed by atoms with Crippen LogP contribution < -0.4 is 0 Å². The van der Waals surface area contributed by atoms with Gasteiger partial charge in [-0.05, 0) is 61.1 Å². The minimum atomic E-state index is -0.753. The summed E-state index contributed by atoms with van der Waals surface area (Å²) in [6, 6.07) is 11.1. The summed E-state index contributed by atoms with van der Waals surface area (Å²) in [5.41, 5.74) is 2.64. The third-order valence-electron chi connectivity index (χ3n) is 6.06. The number of unbranched alkanes of at least 4 members (excludes halogenated alkanes) is 4. The molecule has 0 spiro atoms. The zero-order valence-electron chi connectivity index (χ0n) is 16.8. The third kappa shape index (κ3) is 5.18. The van der Waals surface area contributed by atoms with Gasteiger partial charge < -0.3 is 0 Å². The van der Waals surface area contributed by atoms with Crippen molar-refractivity contribution in [2.45, 2.75) is 83.2 Å². The highest BCUT2D eigenvalue weighted by Crippen LogP contribution is 2.35. The standard InChI is InChI=1S/C25H31F3/c1-2-3-4-5-6-7-21-14-17-23(25(28)24(21)27)20-10-8-18(9-11-20)19-12-15-22(26)16-13-19/h8-11,14,17,19,22H,2-7,12-13,15-16H2,1H3. The molecule has 28 heavy (non-hydrogen) atoms. The number of alkyl halides is 1. The van der Waals surface area contributed by atoms with E-state index < -0.39 is 17.8 Å². The van der Waals surface area contributed by atoms with E-state index in [1.54, 1.807) is 12.1 Å². The maximum atomic E-state index is 14.7. The highest BCUT2D eigenvalue weighted by atomic mass is 19.2. The second-order valence-electron chi connectivity index (χ2n) is 8.14. The fraction of sp³-hybridized carbons (Fsp3) is 0.520. The smallest absolute Gasteiger partial charge is 0.166 e. The SMILES string of the molecule is CCCCCCCc1ccc(-c2ccc(C3CCC(F)CC3)cc2)c(F)c1F. The van der Waals surface area contributed by atoms with Gasteiger partial charge in [0.1, 0.15) is 6.17 Å². The van der Waals surface area contributed by atoms with Gasteiger partial charge in [-0.3, -0.25) is 0 Å². The fourth-order valence-electron chi connectivity index (χ4n) is 4.25. The molecule has 0 amide bonds. The topological polar surface area (TPSA) is 0 Å². The Morgan fingerprint density at radius 1 is 0.786 bits per heavy atom. The van der Waals surface area contributed by atoms with Gasteiger partial charge in [0.05, 0.1) is 0 Å². The van der Waals surface area contributed by atoms with Crippen molar-refractivity contribution < 1.29 is 13.2 Å². The first-order valence-electron chi connectivity index (χ1n) is 10.8. The first kappa shape index (κ1) is 21.0. The molecule has 2 aromatic carbocycles. The van der Waals surface area contributed by atoms with Gasteiger partial charge in [-0.1, -0.05) is 69.0 Å². The van der Waals surface area contributed by atoms with Gasteiger partial charge in [0, 0.05) is 5.56 Å². The molecule has 0 aromatic heterocycles. The van der Waals surface area contributed by atoms with Gasteiger partial charge in [-0.2, -0.15) is 0 Å². The fourth-order valence-corrected chi connectivity index (χ4v) is 4.25. The molecule has 3 heteroatoms. The van der Waals surface area contributed by atoms with Gasteiger partial charge in [0.25, 0.3) is 0 Å². The Bertz CT molecular complexity index is 743. The first-order valence-corrected chi connectivity index (χ1v) is 10.8. The van der Waals surface area contributed by atoms with Gasteiger partial charge >= 0.3 is 0 Å². The summed E-state index contributed by atoms with van der Waals surface area (Å²) in [7, 11) is 0. The predicted octanol–water partition coefficient (Wildman–Crippen LogP) is 8.14. The minimum Gasteiger partial charge on any atom is -0.247 e. The van der Waals surface area contributed by atoms with Gasteiger partial charge in [0.2, 0.25) is 0 Å². The number of benzene rings is 2. The van der Waals surface area contributed by atoms with Crippen molar-refractivity contribution in [3.05, 3.63) is 59.2 Å². The van der Waals surface area contributed by atoms with E-state index in [-0.39, 0.29) is 0 Å². The van der Waals surface area contributed by atoms with Crippen molar-refractivity contribution in [1.82, 2.24) is 0 Å². The molecule has 0 bridgehead atoms. The van der Waals surface area contributed by atoms with E-state index in [0.717, 1.165) is 32.1 Å². The molecule has 0 aliphatic heterocycles. The van der Waals surface area contributed by atoms with Crippen LogP contribution in [0.2, 0.25) is 0 Å². The van der Waals surface area contributed by atoms with Crippen molar-refractivity contribution in [2.75, 3.05) is 0 Å². The van der Waals surface area contributed by atoms with Crippen LogP contribution in [-0.4, -0.2) is 6.17 Å². The predicted molar refractivity (Wildman–Crippen MR) is 110 cm³/mol. The van der Waals surface area contributed by atoms with E-state index in [2.05, 4.69) is 6.92 Å². The van der Waals surface area contributed by atoms with Crippen LogP contribution in [0, 0.1) is 11.6 Å². The highest BCUT2D eigenvalue weighted by molar-refractivity contribution is 5.65. The molecule has 0 N–H and O–H groups in total. The Balaban J connectivity index is 1.67. The summed E-state index contributed by atoms with van der Waals surface area (Å²) in [4.78, 5) is 0. The summed E-state index contributed by atoms with van der Waals surface area (Å²) in [6.07, 6.45) is 8.34. The van der Waals surface area contributed by atoms with E-state index in [9.17, 15) is 13.2 Å². The normalized spacial score (nSPS) is 19.7. The lowest BCUT2D eigenvalue weighted by molar-refractivity contribution is 0.235. The molecule has 0 radical (unpaired) electrons. The van der Waals surface area contributed by atoms with E-state index >= 15 is 0 Å². The molecule has 0 unspecified atom stereocenters. The molecule has 0 atom stereocenters. The Hall–Kier alpha value is -1.77. The number of hydrogen-bond acceptors (Lipinski definition) is 0. The lowest BCUT2D eigenvalue weighted by atomic mass is 9.83. The number of aryl methyl sites for hydroxylation is 1. The van der Waals surface area contributed by atoms with Gasteiger partial charge in [0.15, 0.2) is 11.6 Å². The number of hydrogen-bond donors (Lipinski definition) is 0. The van der Waals surface area contributed by atoms with Crippen LogP contribution in [0.15, 0.2) is 36.4 Å². The van der Waals surface area contributed by atoms with Crippen LogP contribution in [0.1, 0.15) is 81.8 Å². The summed E-state index contributed by atoms with van der Waals surface area (Å²) >= 11 is 0. The largest absolute Gasteiger partial charge is 0.247 e. The second-order valence-corrected chi connectivity index (χ2v) is 8.14. The quantitative estimate of drug-likeness (QED) is 0.400. The zero-order valence-corrected chi connectivity index (χ0v) is 16.8. The molecule has 152 valence electrons. The second kappa shape index (κ2) is 10.1. The van der Waals surface area contributed by atoms with E-state index in [1.165, 1.54) is 18.4 Å². The molecular formula is C25H31F3. The lowest BCUT2D eigenvalue weighted by Crippen LogP contribution is -2.13. The highest BCUT2D eigenvalue weighted by Gasteiger charge is 2.22. The average Bonchev–Trinajstić information content (AvgIpc) is 2.72. The molecule has 0 heterocycles. The van der Waals surface area contributed by atoms with Gasteiger partial charge in [-0.15, -0.1) is 0 Å².